The van der Waals surface area contributed by atoms with Crippen LogP contribution >= 0.6 is 11.3 Å². The molecule has 1 aliphatic heterocycles. The molecule has 1 N–H and O–H groups in total. The zero-order valence-electron chi connectivity index (χ0n) is 11.7. The smallest absolute Gasteiger partial charge is 0.259 e. The fourth-order valence-electron chi connectivity index (χ4n) is 2.08. The van der Waals surface area contributed by atoms with E-state index in [-0.39, 0.29) is 5.91 Å². The number of thiazole rings is 1. The third-order valence-electron chi connectivity index (χ3n) is 3.18. The fourth-order valence-corrected chi connectivity index (χ4v) is 2.76. The maximum Gasteiger partial charge on any atom is 0.259 e. The molecule has 0 saturated carbocycles. The summed E-state index contributed by atoms with van der Waals surface area (Å²) in [5, 5.41) is 5.28. The Hall–Kier alpha value is -1.99. The summed E-state index contributed by atoms with van der Waals surface area (Å²) >= 11 is 1.41. The molecule has 21 heavy (non-hydrogen) atoms. The van der Waals surface area contributed by atoms with E-state index in [1.54, 1.807) is 12.3 Å². The topological polar surface area (TPSA) is 67.4 Å². The second kappa shape index (κ2) is 6.19. The van der Waals surface area contributed by atoms with E-state index >= 15 is 0 Å². The molecule has 1 aliphatic rings. The van der Waals surface area contributed by atoms with Gasteiger partial charge in [-0.05, 0) is 19.1 Å². The first kappa shape index (κ1) is 14.0. The van der Waals surface area contributed by atoms with Gasteiger partial charge in [-0.3, -0.25) is 10.1 Å². The average Bonchev–Trinajstić information content (AvgIpc) is 2.93. The lowest BCUT2D eigenvalue weighted by atomic mass is 10.2. The molecule has 0 aromatic carbocycles. The van der Waals surface area contributed by atoms with Gasteiger partial charge in [0.25, 0.3) is 5.91 Å². The molecule has 0 radical (unpaired) electrons. The van der Waals surface area contributed by atoms with Crippen LogP contribution in [-0.4, -0.2) is 42.2 Å². The van der Waals surface area contributed by atoms with Gasteiger partial charge in [0.05, 0.1) is 24.5 Å². The number of pyridine rings is 1. The lowest BCUT2D eigenvalue weighted by Crippen LogP contribution is -2.36. The highest BCUT2D eigenvalue weighted by Crippen LogP contribution is 2.17. The van der Waals surface area contributed by atoms with Crippen LogP contribution in [0.3, 0.4) is 0 Å². The summed E-state index contributed by atoms with van der Waals surface area (Å²) in [7, 11) is 0. The molecule has 2 aromatic rings. The van der Waals surface area contributed by atoms with Crippen LogP contribution in [0.15, 0.2) is 23.7 Å². The number of rotatable bonds is 3. The van der Waals surface area contributed by atoms with Crippen molar-refractivity contribution in [2.75, 3.05) is 36.5 Å². The maximum atomic E-state index is 12.1. The number of amides is 1. The lowest BCUT2D eigenvalue weighted by molar-refractivity contribution is 0.102. The van der Waals surface area contributed by atoms with Crippen LogP contribution < -0.4 is 10.2 Å². The Balaban J connectivity index is 1.67. The highest BCUT2D eigenvalue weighted by atomic mass is 32.1. The van der Waals surface area contributed by atoms with Crippen molar-refractivity contribution in [2.24, 2.45) is 0 Å². The van der Waals surface area contributed by atoms with Crippen LogP contribution in [-0.2, 0) is 4.74 Å². The van der Waals surface area contributed by atoms with Gasteiger partial charge in [-0.1, -0.05) is 0 Å². The SMILES string of the molecule is Cc1csc(NC(=O)c2ccc(N3CCOCC3)nc2)n1. The van der Waals surface area contributed by atoms with Crippen molar-refractivity contribution >= 4 is 28.2 Å². The van der Waals surface area contributed by atoms with Crippen LogP contribution in [0.25, 0.3) is 0 Å². The van der Waals surface area contributed by atoms with E-state index in [0.717, 1.165) is 24.6 Å². The Morgan fingerprint density at radius 1 is 1.38 bits per heavy atom. The van der Waals surface area contributed by atoms with Gasteiger partial charge in [-0.15, -0.1) is 11.3 Å². The van der Waals surface area contributed by atoms with Crippen molar-refractivity contribution in [1.29, 1.82) is 0 Å². The second-order valence-electron chi connectivity index (χ2n) is 4.75. The first-order valence-corrected chi connectivity index (χ1v) is 7.62. The van der Waals surface area contributed by atoms with Gasteiger partial charge in [0.15, 0.2) is 5.13 Å². The fraction of sp³-hybridized carbons (Fsp3) is 0.357. The molecular weight excluding hydrogens is 288 g/mol. The Labute approximate surface area is 126 Å². The number of nitrogens with zero attached hydrogens (tertiary/aromatic N) is 3. The molecule has 2 aromatic heterocycles. The van der Waals surface area contributed by atoms with Gasteiger partial charge < -0.3 is 9.64 Å². The van der Waals surface area contributed by atoms with Gasteiger partial charge in [-0.2, -0.15) is 0 Å². The minimum atomic E-state index is -0.189. The van der Waals surface area contributed by atoms with Crippen LogP contribution in [0.5, 0.6) is 0 Å². The largest absolute Gasteiger partial charge is 0.378 e. The molecule has 0 spiro atoms. The predicted molar refractivity (Wildman–Crippen MR) is 82.1 cm³/mol. The van der Waals surface area contributed by atoms with Crippen molar-refractivity contribution in [1.82, 2.24) is 9.97 Å². The second-order valence-corrected chi connectivity index (χ2v) is 5.61. The zero-order chi connectivity index (χ0) is 14.7. The molecule has 0 bridgehead atoms. The molecule has 1 fully saturated rings. The normalized spacial score (nSPS) is 15.0. The summed E-state index contributed by atoms with van der Waals surface area (Å²) in [6.07, 6.45) is 1.60. The summed E-state index contributed by atoms with van der Waals surface area (Å²) in [6.45, 7) is 4.99. The molecule has 6 nitrogen and oxygen atoms in total. The molecule has 0 aliphatic carbocycles. The van der Waals surface area contributed by atoms with Crippen molar-refractivity contribution in [2.45, 2.75) is 6.92 Å². The van der Waals surface area contributed by atoms with Gasteiger partial charge in [0, 0.05) is 24.7 Å². The number of aryl methyl sites for hydroxylation is 1. The number of hydrogen-bond acceptors (Lipinski definition) is 6. The Morgan fingerprint density at radius 3 is 2.81 bits per heavy atom. The maximum absolute atomic E-state index is 12.1. The standard InChI is InChI=1S/C14H16N4O2S/c1-10-9-21-14(16-10)17-13(19)11-2-3-12(15-8-11)18-4-6-20-7-5-18/h2-3,8-9H,4-7H2,1H3,(H,16,17,19). The van der Waals surface area contributed by atoms with E-state index in [2.05, 4.69) is 20.2 Å². The number of hydrogen-bond donors (Lipinski definition) is 1. The number of anilines is 2. The summed E-state index contributed by atoms with van der Waals surface area (Å²) in [5.74, 6) is 0.685. The Kier molecular flexibility index (Phi) is 4.12. The van der Waals surface area contributed by atoms with E-state index in [4.69, 9.17) is 4.74 Å². The number of nitrogens with one attached hydrogen (secondary N) is 1. The van der Waals surface area contributed by atoms with E-state index in [9.17, 15) is 4.79 Å². The number of morpholine rings is 1. The molecule has 0 atom stereocenters. The number of aromatic nitrogens is 2. The number of carbonyl (C=O) groups excluding carboxylic acids is 1. The summed E-state index contributed by atoms with van der Waals surface area (Å²) in [6, 6.07) is 3.65. The molecule has 3 heterocycles. The Morgan fingerprint density at radius 2 is 2.19 bits per heavy atom. The van der Waals surface area contributed by atoms with Crippen molar-refractivity contribution < 1.29 is 9.53 Å². The third kappa shape index (κ3) is 3.37. The van der Waals surface area contributed by atoms with Gasteiger partial charge in [0.2, 0.25) is 0 Å². The summed E-state index contributed by atoms with van der Waals surface area (Å²) in [4.78, 5) is 22.8. The third-order valence-corrected chi connectivity index (χ3v) is 4.06. The average molecular weight is 304 g/mol. The quantitative estimate of drug-likeness (QED) is 0.938. The van der Waals surface area contributed by atoms with E-state index in [1.807, 2.05) is 18.4 Å². The number of ether oxygens (including phenoxy) is 1. The Bertz CT molecular complexity index is 620. The van der Waals surface area contributed by atoms with Crippen LogP contribution in [0, 0.1) is 6.92 Å². The van der Waals surface area contributed by atoms with Gasteiger partial charge in [-0.25, -0.2) is 9.97 Å². The van der Waals surface area contributed by atoms with Crippen molar-refractivity contribution in [3.8, 4) is 0 Å². The number of carbonyl (C=O) groups is 1. The molecule has 110 valence electrons. The molecule has 1 saturated heterocycles. The molecule has 1 amide bonds. The minimum absolute atomic E-state index is 0.189. The van der Waals surface area contributed by atoms with Crippen LogP contribution in [0.2, 0.25) is 0 Å². The summed E-state index contributed by atoms with van der Waals surface area (Å²) < 4.78 is 5.31. The first-order chi connectivity index (χ1) is 10.2. The molecule has 0 unspecified atom stereocenters. The van der Waals surface area contributed by atoms with Crippen LogP contribution in [0.1, 0.15) is 16.1 Å². The van der Waals surface area contributed by atoms with Gasteiger partial charge in [0.1, 0.15) is 5.82 Å². The minimum Gasteiger partial charge on any atom is -0.378 e. The molecule has 7 heteroatoms. The predicted octanol–water partition coefficient (Wildman–Crippen LogP) is 1.94. The summed E-state index contributed by atoms with van der Waals surface area (Å²) in [5.41, 5.74) is 1.43. The molecular formula is C14H16N4O2S. The van der Waals surface area contributed by atoms with E-state index < -0.39 is 0 Å². The first-order valence-electron chi connectivity index (χ1n) is 6.74. The van der Waals surface area contributed by atoms with E-state index in [0.29, 0.717) is 23.9 Å². The highest BCUT2D eigenvalue weighted by molar-refractivity contribution is 7.13. The van der Waals surface area contributed by atoms with Crippen molar-refractivity contribution in [3.05, 3.63) is 35.0 Å². The zero-order valence-corrected chi connectivity index (χ0v) is 12.5. The highest BCUT2D eigenvalue weighted by Gasteiger charge is 2.14. The van der Waals surface area contributed by atoms with Gasteiger partial charge >= 0.3 is 0 Å². The molecule has 3 rings (SSSR count). The van der Waals surface area contributed by atoms with Crippen molar-refractivity contribution in [3.63, 3.8) is 0 Å². The van der Waals surface area contributed by atoms with E-state index in [1.165, 1.54) is 11.3 Å². The lowest BCUT2D eigenvalue weighted by Gasteiger charge is -2.27. The van der Waals surface area contributed by atoms with Crippen LogP contribution in [0.4, 0.5) is 10.9 Å². The monoisotopic (exact) mass is 304 g/mol.